The van der Waals surface area contributed by atoms with Gasteiger partial charge in [-0.15, -0.1) is 11.3 Å². The smallest absolute Gasteiger partial charge is 0.276 e. The maximum absolute atomic E-state index is 12.5. The Bertz CT molecular complexity index is 883. The second-order valence-corrected chi connectivity index (χ2v) is 7.46. The number of nitrogens with zero attached hydrogens (tertiary/aromatic N) is 3. The van der Waals surface area contributed by atoms with Gasteiger partial charge in [0, 0.05) is 17.0 Å². The lowest BCUT2D eigenvalue weighted by Crippen LogP contribution is -2.17. The van der Waals surface area contributed by atoms with Crippen molar-refractivity contribution in [1.29, 1.82) is 0 Å². The largest absolute Gasteiger partial charge is 0.296 e. The number of rotatable bonds is 4. The summed E-state index contributed by atoms with van der Waals surface area (Å²) >= 11 is 4.84. The molecule has 0 saturated heterocycles. The van der Waals surface area contributed by atoms with Crippen LogP contribution in [0.3, 0.4) is 0 Å². The van der Waals surface area contributed by atoms with Crippen LogP contribution < -0.4 is 5.32 Å². The summed E-state index contributed by atoms with van der Waals surface area (Å²) in [4.78, 5) is 18.2. The first kappa shape index (κ1) is 16.9. The molecule has 0 aliphatic heterocycles. The molecule has 5 nitrogen and oxygen atoms in total. The Kier molecular flexibility index (Phi) is 4.82. The molecule has 3 aromatic rings. The molecule has 7 heteroatoms. The highest BCUT2D eigenvalue weighted by atomic mass is 79.9. The Hall–Kier alpha value is -1.99. The maximum Gasteiger partial charge on any atom is 0.276 e. The second kappa shape index (κ2) is 6.86. The first-order chi connectivity index (χ1) is 11.5. The van der Waals surface area contributed by atoms with Crippen molar-refractivity contribution in [1.82, 2.24) is 14.8 Å². The predicted octanol–water partition coefficient (Wildman–Crippen LogP) is 4.66. The van der Waals surface area contributed by atoms with E-state index in [0.717, 1.165) is 16.1 Å². The Morgan fingerprint density at radius 2 is 2.00 bits per heavy atom. The van der Waals surface area contributed by atoms with E-state index in [1.165, 1.54) is 16.9 Å². The van der Waals surface area contributed by atoms with Crippen molar-refractivity contribution in [3.8, 4) is 11.3 Å². The Morgan fingerprint density at radius 1 is 1.29 bits per heavy atom. The number of hydrogen-bond donors (Lipinski definition) is 1. The molecule has 3 rings (SSSR count). The summed E-state index contributed by atoms with van der Waals surface area (Å²) in [5, 5.41) is 7.63. The molecule has 0 unspecified atom stereocenters. The number of aryl methyl sites for hydroxylation is 3. The summed E-state index contributed by atoms with van der Waals surface area (Å²) in [5.74, 6) is -0.217. The SMILES string of the molecule is CCn1ncc(Br)c1C(=O)Nc1nc(-c2ccc(C)cc2)c(C)s1. The molecule has 1 N–H and O–H groups in total. The average molecular weight is 405 g/mol. The Morgan fingerprint density at radius 3 is 2.67 bits per heavy atom. The fourth-order valence-electron chi connectivity index (χ4n) is 2.41. The zero-order valence-corrected chi connectivity index (χ0v) is 16.0. The third-order valence-electron chi connectivity index (χ3n) is 3.65. The number of amides is 1. The third kappa shape index (κ3) is 3.27. The number of thiazole rings is 1. The topological polar surface area (TPSA) is 59.8 Å². The second-order valence-electron chi connectivity index (χ2n) is 5.40. The molecule has 0 spiro atoms. The van der Waals surface area contributed by atoms with E-state index in [1.807, 2.05) is 26.0 Å². The first-order valence-electron chi connectivity index (χ1n) is 7.56. The van der Waals surface area contributed by atoms with Crippen molar-refractivity contribution in [3.63, 3.8) is 0 Å². The van der Waals surface area contributed by atoms with Crippen LogP contribution in [0.5, 0.6) is 0 Å². The lowest BCUT2D eigenvalue weighted by molar-refractivity contribution is 0.101. The Balaban J connectivity index is 1.86. The van der Waals surface area contributed by atoms with Gasteiger partial charge in [0.05, 0.1) is 16.4 Å². The van der Waals surface area contributed by atoms with Crippen LogP contribution in [-0.2, 0) is 6.54 Å². The van der Waals surface area contributed by atoms with Crippen LogP contribution in [0, 0.1) is 13.8 Å². The average Bonchev–Trinajstić information content (AvgIpc) is 3.10. The van der Waals surface area contributed by atoms with Gasteiger partial charge in [0.2, 0.25) is 0 Å². The van der Waals surface area contributed by atoms with Crippen molar-refractivity contribution >= 4 is 38.3 Å². The molecular formula is C17H17BrN4OS. The van der Waals surface area contributed by atoms with E-state index < -0.39 is 0 Å². The van der Waals surface area contributed by atoms with Gasteiger partial charge in [-0.1, -0.05) is 29.8 Å². The highest BCUT2D eigenvalue weighted by molar-refractivity contribution is 9.10. The molecule has 24 heavy (non-hydrogen) atoms. The van der Waals surface area contributed by atoms with Crippen LogP contribution in [-0.4, -0.2) is 20.7 Å². The number of nitrogens with one attached hydrogen (secondary N) is 1. The molecule has 0 aliphatic carbocycles. The third-order valence-corrected chi connectivity index (χ3v) is 5.12. The highest BCUT2D eigenvalue weighted by Gasteiger charge is 2.19. The standard InChI is InChI=1S/C17H17BrN4OS/c1-4-22-15(13(18)9-19-22)16(23)21-17-20-14(11(3)24-17)12-7-5-10(2)6-8-12/h5-9H,4H2,1-3H3,(H,20,21,23). The van der Waals surface area contributed by atoms with E-state index in [-0.39, 0.29) is 5.91 Å². The number of benzene rings is 1. The van der Waals surface area contributed by atoms with Crippen molar-refractivity contribution in [3.05, 3.63) is 51.1 Å². The number of hydrogen-bond acceptors (Lipinski definition) is 4. The summed E-state index contributed by atoms with van der Waals surface area (Å²) in [7, 11) is 0. The number of carbonyl (C=O) groups is 1. The minimum absolute atomic E-state index is 0.217. The van der Waals surface area contributed by atoms with Gasteiger partial charge < -0.3 is 0 Å². The molecule has 124 valence electrons. The van der Waals surface area contributed by atoms with Gasteiger partial charge in [-0.3, -0.25) is 14.8 Å². The van der Waals surface area contributed by atoms with Crippen LogP contribution >= 0.6 is 27.3 Å². The molecule has 0 bridgehead atoms. The van der Waals surface area contributed by atoms with E-state index in [0.29, 0.717) is 21.8 Å². The van der Waals surface area contributed by atoms with Crippen molar-refractivity contribution < 1.29 is 4.79 Å². The van der Waals surface area contributed by atoms with Crippen molar-refractivity contribution in [2.45, 2.75) is 27.3 Å². The normalized spacial score (nSPS) is 10.8. The number of aromatic nitrogens is 3. The Labute approximate surface area is 152 Å². The van der Waals surface area contributed by atoms with Gasteiger partial charge in [-0.05, 0) is 36.7 Å². The van der Waals surface area contributed by atoms with Crippen molar-refractivity contribution in [2.75, 3.05) is 5.32 Å². The van der Waals surface area contributed by atoms with Crippen LogP contribution in [0.15, 0.2) is 34.9 Å². The van der Waals surface area contributed by atoms with Gasteiger partial charge >= 0.3 is 0 Å². The van der Waals surface area contributed by atoms with E-state index in [2.05, 4.69) is 50.4 Å². The molecule has 0 saturated carbocycles. The first-order valence-corrected chi connectivity index (χ1v) is 9.17. The molecule has 1 amide bonds. The zero-order chi connectivity index (χ0) is 17.3. The zero-order valence-electron chi connectivity index (χ0n) is 13.6. The number of halogens is 1. The molecular weight excluding hydrogens is 388 g/mol. The van der Waals surface area contributed by atoms with Crippen LogP contribution in [0.25, 0.3) is 11.3 Å². The van der Waals surface area contributed by atoms with Gasteiger partial charge in [0.25, 0.3) is 5.91 Å². The molecule has 1 aromatic carbocycles. The molecule has 0 fully saturated rings. The number of anilines is 1. The molecule has 2 aromatic heterocycles. The fraction of sp³-hybridized carbons (Fsp3) is 0.235. The summed E-state index contributed by atoms with van der Waals surface area (Å²) in [6.07, 6.45) is 1.63. The minimum atomic E-state index is -0.217. The molecule has 0 atom stereocenters. The van der Waals surface area contributed by atoms with Gasteiger partial charge in [-0.2, -0.15) is 5.10 Å². The lowest BCUT2D eigenvalue weighted by Gasteiger charge is -2.05. The van der Waals surface area contributed by atoms with Gasteiger partial charge in [0.1, 0.15) is 5.69 Å². The summed E-state index contributed by atoms with van der Waals surface area (Å²) in [6.45, 7) is 6.63. The van der Waals surface area contributed by atoms with Gasteiger partial charge in [-0.25, -0.2) is 4.98 Å². The van der Waals surface area contributed by atoms with E-state index in [1.54, 1.807) is 10.9 Å². The van der Waals surface area contributed by atoms with E-state index >= 15 is 0 Å². The van der Waals surface area contributed by atoms with E-state index in [4.69, 9.17) is 0 Å². The molecule has 0 radical (unpaired) electrons. The quantitative estimate of drug-likeness (QED) is 0.687. The predicted molar refractivity (Wildman–Crippen MR) is 101 cm³/mol. The van der Waals surface area contributed by atoms with Crippen molar-refractivity contribution in [2.24, 2.45) is 0 Å². The van der Waals surface area contributed by atoms with Gasteiger partial charge in [0.15, 0.2) is 5.13 Å². The minimum Gasteiger partial charge on any atom is -0.296 e. The van der Waals surface area contributed by atoms with Crippen LogP contribution in [0.2, 0.25) is 0 Å². The summed E-state index contributed by atoms with van der Waals surface area (Å²) in [6, 6.07) is 8.21. The van der Waals surface area contributed by atoms with E-state index in [9.17, 15) is 4.79 Å². The molecule has 0 aliphatic rings. The fourth-order valence-corrected chi connectivity index (χ4v) is 3.72. The monoisotopic (exact) mass is 404 g/mol. The summed E-state index contributed by atoms with van der Waals surface area (Å²) < 4.78 is 2.33. The lowest BCUT2D eigenvalue weighted by atomic mass is 10.1. The highest BCUT2D eigenvalue weighted by Crippen LogP contribution is 2.31. The number of carbonyl (C=O) groups excluding carboxylic acids is 1. The van der Waals surface area contributed by atoms with Crippen LogP contribution in [0.1, 0.15) is 27.9 Å². The maximum atomic E-state index is 12.5. The van der Waals surface area contributed by atoms with Crippen LogP contribution in [0.4, 0.5) is 5.13 Å². The summed E-state index contributed by atoms with van der Waals surface area (Å²) in [5.41, 5.74) is 3.66. The molecule has 2 heterocycles.